The molecule has 0 aliphatic heterocycles. The summed E-state index contributed by atoms with van der Waals surface area (Å²) in [6.07, 6.45) is 0. The summed E-state index contributed by atoms with van der Waals surface area (Å²) in [6.45, 7) is 3.94. The first-order valence-corrected chi connectivity index (χ1v) is 6.59. The molecule has 1 unspecified atom stereocenters. The topological polar surface area (TPSA) is 57.6 Å². The van der Waals surface area contributed by atoms with Crippen molar-refractivity contribution in [3.05, 3.63) is 33.8 Å². The fraction of sp³-hybridized carbons (Fsp3) is 0.385. The number of rotatable bonds is 5. The van der Waals surface area contributed by atoms with Crippen LogP contribution in [0.15, 0.2) is 18.2 Å². The van der Waals surface area contributed by atoms with Gasteiger partial charge in [0, 0.05) is 18.7 Å². The van der Waals surface area contributed by atoms with Crippen LogP contribution in [-0.4, -0.2) is 35.0 Å². The van der Waals surface area contributed by atoms with Gasteiger partial charge in [-0.1, -0.05) is 30.1 Å². The Morgan fingerprint density at radius 1 is 1.32 bits per heavy atom. The molecule has 104 valence electrons. The van der Waals surface area contributed by atoms with Crippen molar-refractivity contribution in [2.45, 2.75) is 13.8 Å². The highest BCUT2D eigenvalue weighted by Crippen LogP contribution is 2.23. The van der Waals surface area contributed by atoms with E-state index in [-0.39, 0.29) is 12.5 Å². The lowest BCUT2D eigenvalue weighted by Gasteiger charge is -2.23. The van der Waals surface area contributed by atoms with E-state index in [1.54, 1.807) is 26.0 Å². The van der Waals surface area contributed by atoms with Crippen molar-refractivity contribution < 1.29 is 14.7 Å². The van der Waals surface area contributed by atoms with Crippen LogP contribution in [0.4, 0.5) is 0 Å². The number of hydrogen-bond donors (Lipinski definition) is 1. The van der Waals surface area contributed by atoms with E-state index in [1.165, 1.54) is 11.0 Å². The molecule has 0 aromatic heterocycles. The van der Waals surface area contributed by atoms with Gasteiger partial charge in [-0.2, -0.15) is 0 Å². The Kier molecular flexibility index (Phi) is 5.63. The van der Waals surface area contributed by atoms with E-state index in [0.717, 1.165) is 0 Å². The van der Waals surface area contributed by atoms with E-state index < -0.39 is 11.9 Å². The van der Waals surface area contributed by atoms with E-state index in [4.69, 9.17) is 28.3 Å². The van der Waals surface area contributed by atoms with Crippen LogP contribution in [0.3, 0.4) is 0 Å². The van der Waals surface area contributed by atoms with E-state index >= 15 is 0 Å². The van der Waals surface area contributed by atoms with Gasteiger partial charge >= 0.3 is 5.97 Å². The van der Waals surface area contributed by atoms with Crippen molar-refractivity contribution in [2.24, 2.45) is 5.92 Å². The van der Waals surface area contributed by atoms with Crippen LogP contribution < -0.4 is 0 Å². The Hall–Kier alpha value is -1.26. The van der Waals surface area contributed by atoms with E-state index in [1.807, 2.05) is 0 Å². The first-order chi connectivity index (χ1) is 8.86. The molecule has 0 radical (unpaired) electrons. The molecule has 1 amide bonds. The highest BCUT2D eigenvalue weighted by atomic mass is 35.5. The van der Waals surface area contributed by atoms with Gasteiger partial charge in [0.05, 0.1) is 16.0 Å². The van der Waals surface area contributed by atoms with Gasteiger partial charge in [0.15, 0.2) is 0 Å². The number of amides is 1. The third-order valence-corrected chi connectivity index (χ3v) is 3.49. The van der Waals surface area contributed by atoms with Gasteiger partial charge in [-0.15, -0.1) is 0 Å². The van der Waals surface area contributed by atoms with Crippen molar-refractivity contribution in [2.75, 3.05) is 13.1 Å². The molecule has 1 rings (SSSR count). The largest absolute Gasteiger partial charge is 0.481 e. The van der Waals surface area contributed by atoms with Crippen LogP contribution >= 0.6 is 23.2 Å². The van der Waals surface area contributed by atoms with E-state index in [2.05, 4.69) is 0 Å². The smallest absolute Gasteiger partial charge is 0.308 e. The number of aliphatic carboxylic acids is 1. The first kappa shape index (κ1) is 15.8. The van der Waals surface area contributed by atoms with Gasteiger partial charge in [0.1, 0.15) is 0 Å². The van der Waals surface area contributed by atoms with Crippen molar-refractivity contribution in [1.82, 2.24) is 4.90 Å². The van der Waals surface area contributed by atoms with Crippen molar-refractivity contribution in [1.29, 1.82) is 0 Å². The van der Waals surface area contributed by atoms with E-state index in [0.29, 0.717) is 22.2 Å². The van der Waals surface area contributed by atoms with Crippen molar-refractivity contribution in [3.8, 4) is 0 Å². The molecule has 0 spiro atoms. The second-order valence-corrected chi connectivity index (χ2v) is 5.03. The molecular weight excluding hydrogens is 289 g/mol. The molecule has 4 nitrogen and oxygen atoms in total. The lowest BCUT2D eigenvalue weighted by Crippen LogP contribution is -2.36. The number of hydrogen-bond acceptors (Lipinski definition) is 2. The SMILES string of the molecule is CCN(CC(C)C(=O)O)C(=O)c1ccc(Cl)c(Cl)c1. The molecule has 1 aromatic rings. The Morgan fingerprint density at radius 2 is 1.95 bits per heavy atom. The van der Waals surface area contributed by atoms with Crippen LogP contribution in [0.1, 0.15) is 24.2 Å². The molecule has 19 heavy (non-hydrogen) atoms. The Bertz CT molecular complexity index is 491. The van der Waals surface area contributed by atoms with Gasteiger partial charge in [0.25, 0.3) is 5.91 Å². The van der Waals surface area contributed by atoms with E-state index in [9.17, 15) is 9.59 Å². The molecule has 1 N–H and O–H groups in total. The number of nitrogens with zero attached hydrogens (tertiary/aromatic N) is 1. The maximum absolute atomic E-state index is 12.2. The number of halogens is 2. The molecule has 0 saturated heterocycles. The monoisotopic (exact) mass is 303 g/mol. The molecule has 0 fully saturated rings. The molecule has 1 aromatic carbocycles. The predicted octanol–water partition coefficient (Wildman–Crippen LogP) is 3.18. The summed E-state index contributed by atoms with van der Waals surface area (Å²) in [6, 6.07) is 4.61. The summed E-state index contributed by atoms with van der Waals surface area (Å²) in [5.74, 6) is -1.80. The Balaban J connectivity index is 2.89. The first-order valence-electron chi connectivity index (χ1n) is 5.84. The van der Waals surface area contributed by atoms with Crippen LogP contribution in [0.5, 0.6) is 0 Å². The maximum atomic E-state index is 12.2. The summed E-state index contributed by atoms with van der Waals surface area (Å²) in [5.41, 5.74) is 0.397. The number of carboxylic acid groups (broad SMARTS) is 1. The lowest BCUT2D eigenvalue weighted by molar-refractivity contribution is -0.141. The molecular formula is C13H15Cl2NO3. The third kappa shape index (κ3) is 4.11. The predicted molar refractivity (Wildman–Crippen MR) is 74.8 cm³/mol. The van der Waals surface area contributed by atoms with Gasteiger partial charge in [-0.25, -0.2) is 0 Å². The molecule has 0 saturated carbocycles. The number of carboxylic acids is 1. The normalized spacial score (nSPS) is 12.0. The second kappa shape index (κ2) is 6.78. The zero-order valence-corrected chi connectivity index (χ0v) is 12.2. The minimum absolute atomic E-state index is 0.158. The van der Waals surface area contributed by atoms with Crippen LogP contribution in [0.25, 0.3) is 0 Å². The summed E-state index contributed by atoms with van der Waals surface area (Å²) >= 11 is 11.7. The Labute approximate surface area is 121 Å². The average molecular weight is 304 g/mol. The lowest BCUT2D eigenvalue weighted by atomic mass is 10.1. The number of carbonyl (C=O) groups excluding carboxylic acids is 1. The minimum Gasteiger partial charge on any atom is -0.481 e. The van der Waals surface area contributed by atoms with Gasteiger partial charge < -0.3 is 10.0 Å². The van der Waals surface area contributed by atoms with Gasteiger partial charge in [-0.3, -0.25) is 9.59 Å². The zero-order chi connectivity index (χ0) is 14.6. The molecule has 0 bridgehead atoms. The summed E-state index contributed by atoms with van der Waals surface area (Å²) in [5, 5.41) is 9.56. The van der Waals surface area contributed by atoms with Crippen LogP contribution in [0.2, 0.25) is 10.0 Å². The molecule has 0 heterocycles. The number of benzene rings is 1. The third-order valence-electron chi connectivity index (χ3n) is 2.75. The number of carbonyl (C=O) groups is 2. The molecule has 1 atom stereocenters. The fourth-order valence-corrected chi connectivity index (χ4v) is 1.87. The molecule has 0 aliphatic carbocycles. The van der Waals surface area contributed by atoms with Crippen LogP contribution in [-0.2, 0) is 4.79 Å². The highest BCUT2D eigenvalue weighted by molar-refractivity contribution is 6.42. The Morgan fingerprint density at radius 3 is 2.42 bits per heavy atom. The van der Waals surface area contributed by atoms with Crippen molar-refractivity contribution in [3.63, 3.8) is 0 Å². The van der Waals surface area contributed by atoms with Crippen molar-refractivity contribution >= 4 is 35.1 Å². The van der Waals surface area contributed by atoms with Gasteiger partial charge in [-0.05, 0) is 25.1 Å². The minimum atomic E-state index is -0.930. The molecule has 6 heteroatoms. The average Bonchev–Trinajstić information content (AvgIpc) is 2.37. The van der Waals surface area contributed by atoms with Gasteiger partial charge in [0.2, 0.25) is 0 Å². The molecule has 0 aliphatic rings. The quantitative estimate of drug-likeness (QED) is 0.909. The van der Waals surface area contributed by atoms with Crippen LogP contribution in [0, 0.1) is 5.92 Å². The zero-order valence-electron chi connectivity index (χ0n) is 10.7. The fourth-order valence-electron chi connectivity index (χ4n) is 1.58. The summed E-state index contributed by atoms with van der Waals surface area (Å²) in [7, 11) is 0. The second-order valence-electron chi connectivity index (χ2n) is 4.21. The maximum Gasteiger partial charge on any atom is 0.308 e. The standard InChI is InChI=1S/C13H15Cl2NO3/c1-3-16(7-8(2)13(18)19)12(17)9-4-5-10(14)11(15)6-9/h4-6,8H,3,7H2,1-2H3,(H,18,19). The summed E-state index contributed by atoms with van der Waals surface area (Å²) < 4.78 is 0. The summed E-state index contributed by atoms with van der Waals surface area (Å²) in [4.78, 5) is 24.5. The highest BCUT2D eigenvalue weighted by Gasteiger charge is 2.20.